The number of aliphatic hydroxyl groups excluding tert-OH is 1. The second-order valence-corrected chi connectivity index (χ2v) is 9.70. The predicted molar refractivity (Wildman–Crippen MR) is 127 cm³/mol. The molecule has 8 heteroatoms. The molecule has 3 heterocycles. The highest BCUT2D eigenvalue weighted by molar-refractivity contribution is 5.48. The molecule has 32 heavy (non-hydrogen) atoms. The van der Waals surface area contributed by atoms with Crippen molar-refractivity contribution in [2.45, 2.75) is 43.1 Å². The molecule has 5 rings (SSSR count). The lowest BCUT2D eigenvalue weighted by Crippen LogP contribution is -2.54. The monoisotopic (exact) mass is 437 g/mol. The van der Waals surface area contributed by atoms with Crippen LogP contribution in [0.15, 0.2) is 42.7 Å². The van der Waals surface area contributed by atoms with Crippen molar-refractivity contribution in [1.29, 1.82) is 0 Å². The quantitative estimate of drug-likeness (QED) is 0.662. The zero-order valence-corrected chi connectivity index (χ0v) is 19.2. The normalized spacial score (nSPS) is 30.9. The molecular formula is C24H35N7O. The Hall–Kier alpha value is -2.26. The predicted octanol–water partition coefficient (Wildman–Crippen LogP) is 1.34. The summed E-state index contributed by atoms with van der Waals surface area (Å²) in [5, 5.41) is 17.7. The molecule has 3 N–H and O–H groups in total. The summed E-state index contributed by atoms with van der Waals surface area (Å²) in [7, 11) is 4.37. The van der Waals surface area contributed by atoms with Crippen molar-refractivity contribution in [2.75, 3.05) is 56.6 Å². The van der Waals surface area contributed by atoms with E-state index in [1.54, 1.807) is 0 Å². The molecule has 172 valence electrons. The van der Waals surface area contributed by atoms with Gasteiger partial charge in [0.15, 0.2) is 6.35 Å². The molecule has 3 aliphatic rings. The fraction of sp³-hybridized carbons (Fsp3) is 0.583. The number of rotatable bonds is 4. The molecule has 1 unspecified atom stereocenters. The number of nitrogens with one attached hydrogen (secondary N) is 2. The Labute approximate surface area is 190 Å². The van der Waals surface area contributed by atoms with Gasteiger partial charge < -0.3 is 20.2 Å². The first-order chi connectivity index (χ1) is 15.5. The molecule has 2 aromatic rings. The highest BCUT2D eigenvalue weighted by Crippen LogP contribution is 2.46. The average Bonchev–Trinajstić information content (AvgIpc) is 3.16. The van der Waals surface area contributed by atoms with Gasteiger partial charge in [-0.05, 0) is 45.3 Å². The van der Waals surface area contributed by atoms with Crippen LogP contribution in [-0.2, 0) is 5.54 Å². The van der Waals surface area contributed by atoms with Crippen molar-refractivity contribution >= 4 is 11.6 Å². The first kappa shape index (κ1) is 21.6. The summed E-state index contributed by atoms with van der Waals surface area (Å²) >= 11 is 0. The van der Waals surface area contributed by atoms with E-state index in [1.807, 2.05) is 17.3 Å². The van der Waals surface area contributed by atoms with Crippen LogP contribution in [-0.4, -0.2) is 78.7 Å². The number of anilines is 2. The van der Waals surface area contributed by atoms with Crippen LogP contribution < -0.4 is 20.4 Å². The lowest BCUT2D eigenvalue weighted by Gasteiger charge is -2.49. The summed E-state index contributed by atoms with van der Waals surface area (Å²) in [5.74, 6) is 0.767. The molecule has 0 bridgehead atoms. The van der Waals surface area contributed by atoms with E-state index < -0.39 is 6.35 Å². The Morgan fingerprint density at radius 3 is 2.28 bits per heavy atom. The second kappa shape index (κ2) is 8.59. The van der Waals surface area contributed by atoms with Crippen LogP contribution in [0.3, 0.4) is 0 Å². The average molecular weight is 438 g/mol. The van der Waals surface area contributed by atoms with Crippen molar-refractivity contribution in [3.8, 4) is 0 Å². The fourth-order valence-corrected chi connectivity index (χ4v) is 5.72. The summed E-state index contributed by atoms with van der Waals surface area (Å²) < 4.78 is 0. The van der Waals surface area contributed by atoms with Gasteiger partial charge in [-0.2, -0.15) is 0 Å². The minimum absolute atomic E-state index is 0.0423. The first-order valence-electron chi connectivity index (χ1n) is 11.7. The largest absolute Gasteiger partial charge is 0.361 e. The third-order valence-electron chi connectivity index (χ3n) is 7.76. The Morgan fingerprint density at radius 1 is 1.00 bits per heavy atom. The van der Waals surface area contributed by atoms with Crippen LogP contribution in [0.25, 0.3) is 0 Å². The lowest BCUT2D eigenvalue weighted by molar-refractivity contribution is 0.0513. The molecule has 2 aliphatic heterocycles. The van der Waals surface area contributed by atoms with Crippen LogP contribution in [0.4, 0.5) is 11.6 Å². The zero-order chi connectivity index (χ0) is 22.2. The van der Waals surface area contributed by atoms with Gasteiger partial charge >= 0.3 is 0 Å². The topological polar surface area (TPSA) is 79.8 Å². The van der Waals surface area contributed by atoms with E-state index in [-0.39, 0.29) is 11.1 Å². The van der Waals surface area contributed by atoms with Crippen molar-refractivity contribution in [3.05, 3.63) is 48.3 Å². The van der Waals surface area contributed by atoms with Gasteiger partial charge in [0.1, 0.15) is 0 Å². The molecular weight excluding hydrogens is 402 g/mol. The molecule has 0 amide bonds. The van der Waals surface area contributed by atoms with Gasteiger partial charge in [-0.1, -0.05) is 30.3 Å². The zero-order valence-electron chi connectivity index (χ0n) is 19.2. The molecule has 3 fully saturated rings. The van der Waals surface area contributed by atoms with E-state index >= 15 is 0 Å². The Morgan fingerprint density at radius 2 is 1.66 bits per heavy atom. The molecule has 1 aromatic heterocycles. The maximum atomic E-state index is 10.9. The van der Waals surface area contributed by atoms with E-state index in [4.69, 9.17) is 0 Å². The molecule has 8 nitrogen and oxygen atoms in total. The van der Waals surface area contributed by atoms with Crippen molar-refractivity contribution in [2.24, 2.45) is 0 Å². The number of hydrogen-bond donors (Lipinski definition) is 3. The molecule has 1 atom stereocenters. The van der Waals surface area contributed by atoms with Gasteiger partial charge in [-0.3, -0.25) is 10.2 Å². The maximum Gasteiger partial charge on any atom is 0.225 e. The third kappa shape index (κ3) is 3.85. The molecule has 2 saturated heterocycles. The second-order valence-electron chi connectivity index (χ2n) is 9.70. The van der Waals surface area contributed by atoms with E-state index in [9.17, 15) is 5.11 Å². The van der Waals surface area contributed by atoms with E-state index in [2.05, 4.69) is 74.8 Å². The number of hydrogen-bond acceptors (Lipinski definition) is 8. The summed E-state index contributed by atoms with van der Waals surface area (Å²) in [6.07, 6.45) is 7.11. The molecule has 1 saturated carbocycles. The van der Waals surface area contributed by atoms with Gasteiger partial charge in [0.25, 0.3) is 0 Å². The smallest absolute Gasteiger partial charge is 0.225 e. The maximum absolute atomic E-state index is 10.9. The Balaban J connectivity index is 1.29. The number of benzene rings is 1. The van der Waals surface area contributed by atoms with Gasteiger partial charge in [-0.15, -0.1) is 0 Å². The van der Waals surface area contributed by atoms with Gasteiger partial charge in [0.2, 0.25) is 5.95 Å². The number of piperazine rings is 1. The Kier molecular flexibility index (Phi) is 5.79. The van der Waals surface area contributed by atoms with Gasteiger partial charge in [0.05, 0.1) is 18.1 Å². The minimum atomic E-state index is -0.716. The van der Waals surface area contributed by atoms with Crippen molar-refractivity contribution in [3.63, 3.8) is 0 Å². The van der Waals surface area contributed by atoms with E-state index in [0.717, 1.165) is 70.0 Å². The van der Waals surface area contributed by atoms with Crippen LogP contribution in [0, 0.1) is 0 Å². The number of aliphatic hydroxyl groups is 1. The summed E-state index contributed by atoms with van der Waals surface area (Å²) in [6.45, 7) is 4.53. The first-order valence-corrected chi connectivity index (χ1v) is 11.7. The minimum Gasteiger partial charge on any atom is -0.361 e. The van der Waals surface area contributed by atoms with Crippen LogP contribution in [0.1, 0.15) is 31.2 Å². The van der Waals surface area contributed by atoms with E-state index in [0.29, 0.717) is 0 Å². The molecule has 0 radical (unpaired) electrons. The van der Waals surface area contributed by atoms with Crippen molar-refractivity contribution in [1.82, 2.24) is 25.5 Å². The van der Waals surface area contributed by atoms with Crippen LogP contribution in [0.2, 0.25) is 0 Å². The lowest BCUT2D eigenvalue weighted by atomic mass is 9.69. The fourth-order valence-electron chi connectivity index (χ4n) is 5.72. The summed E-state index contributed by atoms with van der Waals surface area (Å²) in [6, 6.07) is 10.8. The SMILES string of the molecule is CN(C)[C@]1(c2ccccc2)CC[C@]2(CC1)CN(c1cnc(N3CCNCC3)nc1)C(O)N2. The van der Waals surface area contributed by atoms with Crippen LogP contribution >= 0.6 is 0 Å². The Bertz CT molecular complexity index is 890. The molecule has 1 spiro atoms. The number of nitrogens with zero attached hydrogens (tertiary/aromatic N) is 5. The highest BCUT2D eigenvalue weighted by Gasteiger charge is 2.50. The van der Waals surface area contributed by atoms with Crippen LogP contribution in [0.5, 0.6) is 0 Å². The third-order valence-corrected chi connectivity index (χ3v) is 7.76. The standard InChI is InChI=1S/C24H35N7O/c1-29(2)24(19-6-4-3-5-7-19)10-8-23(9-11-24)18-31(22(32)28-23)20-16-26-21(27-17-20)30-14-12-25-13-15-30/h3-7,16-17,22,25,28,32H,8-15,18H2,1-2H3/t22?,23-,24+. The van der Waals surface area contributed by atoms with E-state index in [1.165, 1.54) is 5.56 Å². The highest BCUT2D eigenvalue weighted by atomic mass is 16.3. The molecule has 1 aromatic carbocycles. The summed E-state index contributed by atoms with van der Waals surface area (Å²) in [5.41, 5.74) is 2.20. The van der Waals surface area contributed by atoms with Crippen molar-refractivity contribution < 1.29 is 5.11 Å². The van der Waals surface area contributed by atoms with Gasteiger partial charge in [-0.25, -0.2) is 9.97 Å². The van der Waals surface area contributed by atoms with Gasteiger partial charge in [0, 0.05) is 43.8 Å². The number of aromatic nitrogens is 2. The summed E-state index contributed by atoms with van der Waals surface area (Å²) in [4.78, 5) is 15.8. The molecule has 1 aliphatic carbocycles.